The zero-order valence-corrected chi connectivity index (χ0v) is 12.0. The highest BCUT2D eigenvalue weighted by Crippen LogP contribution is 2.29. The predicted molar refractivity (Wildman–Crippen MR) is 77.5 cm³/mol. The summed E-state index contributed by atoms with van der Waals surface area (Å²) < 4.78 is 0. The molecule has 1 aromatic rings. The van der Waals surface area contributed by atoms with Crippen LogP contribution in [0.5, 0.6) is 0 Å². The lowest BCUT2D eigenvalue weighted by Gasteiger charge is -2.31. The van der Waals surface area contributed by atoms with Crippen LogP contribution in [0.15, 0.2) is 24.3 Å². The molecule has 100 valence electrons. The first-order chi connectivity index (χ1) is 8.62. The second-order valence-corrected chi connectivity index (χ2v) is 5.94. The van der Waals surface area contributed by atoms with Crippen molar-refractivity contribution in [2.45, 2.75) is 52.2 Å². The van der Waals surface area contributed by atoms with Crippen LogP contribution < -0.4 is 5.32 Å². The van der Waals surface area contributed by atoms with Crippen molar-refractivity contribution < 1.29 is 0 Å². The molecule has 0 spiro atoms. The van der Waals surface area contributed by atoms with Crippen LogP contribution in [-0.4, -0.2) is 23.5 Å². The molecule has 1 aliphatic heterocycles. The van der Waals surface area contributed by atoms with Crippen molar-refractivity contribution in [2.24, 2.45) is 0 Å². The van der Waals surface area contributed by atoms with E-state index < -0.39 is 0 Å². The van der Waals surface area contributed by atoms with Gasteiger partial charge in [-0.15, -0.1) is 0 Å². The second-order valence-electron chi connectivity index (χ2n) is 5.94. The highest BCUT2D eigenvalue weighted by molar-refractivity contribution is 5.23. The summed E-state index contributed by atoms with van der Waals surface area (Å²) in [7, 11) is 0. The van der Waals surface area contributed by atoms with Gasteiger partial charge in [0.1, 0.15) is 0 Å². The van der Waals surface area contributed by atoms with Gasteiger partial charge in [0.25, 0.3) is 0 Å². The fraction of sp³-hybridized carbons (Fsp3) is 0.625. The SMILES string of the molecule is CCNCc1cccc(CN2CCCC2(C)C)c1. The Balaban J connectivity index is 2.00. The molecule has 0 radical (unpaired) electrons. The van der Waals surface area contributed by atoms with Crippen molar-refractivity contribution in [2.75, 3.05) is 13.1 Å². The van der Waals surface area contributed by atoms with E-state index in [-0.39, 0.29) is 0 Å². The third kappa shape index (κ3) is 3.33. The highest BCUT2D eigenvalue weighted by Gasteiger charge is 2.31. The van der Waals surface area contributed by atoms with Crippen LogP contribution in [-0.2, 0) is 13.1 Å². The average Bonchev–Trinajstić information content (AvgIpc) is 2.67. The molecule has 2 nitrogen and oxygen atoms in total. The molecule has 0 saturated carbocycles. The third-order valence-corrected chi connectivity index (χ3v) is 4.02. The molecule has 0 unspecified atom stereocenters. The van der Waals surface area contributed by atoms with Gasteiger partial charge >= 0.3 is 0 Å². The minimum Gasteiger partial charge on any atom is -0.313 e. The van der Waals surface area contributed by atoms with E-state index in [2.05, 4.69) is 55.3 Å². The predicted octanol–water partition coefficient (Wildman–Crippen LogP) is 3.17. The Kier molecular flexibility index (Phi) is 4.41. The van der Waals surface area contributed by atoms with E-state index >= 15 is 0 Å². The Labute approximate surface area is 111 Å². The van der Waals surface area contributed by atoms with E-state index in [1.165, 1.54) is 30.5 Å². The molecule has 1 aliphatic rings. The first-order valence-electron chi connectivity index (χ1n) is 7.15. The van der Waals surface area contributed by atoms with Crippen LogP contribution in [0.1, 0.15) is 44.7 Å². The van der Waals surface area contributed by atoms with E-state index in [1.807, 2.05) is 0 Å². The van der Waals surface area contributed by atoms with Gasteiger partial charge < -0.3 is 5.32 Å². The van der Waals surface area contributed by atoms with Gasteiger partial charge in [0.2, 0.25) is 0 Å². The van der Waals surface area contributed by atoms with Crippen molar-refractivity contribution in [3.05, 3.63) is 35.4 Å². The van der Waals surface area contributed by atoms with E-state index in [0.29, 0.717) is 5.54 Å². The van der Waals surface area contributed by atoms with E-state index in [1.54, 1.807) is 0 Å². The molecule has 0 amide bonds. The second kappa shape index (κ2) is 5.85. The summed E-state index contributed by atoms with van der Waals surface area (Å²) in [4.78, 5) is 2.61. The summed E-state index contributed by atoms with van der Waals surface area (Å²) in [5.74, 6) is 0. The van der Waals surface area contributed by atoms with Crippen LogP contribution in [0.2, 0.25) is 0 Å². The van der Waals surface area contributed by atoms with Crippen LogP contribution in [0, 0.1) is 0 Å². The number of hydrogen-bond donors (Lipinski definition) is 1. The summed E-state index contributed by atoms with van der Waals surface area (Å²) in [6.07, 6.45) is 2.66. The number of benzene rings is 1. The number of nitrogens with one attached hydrogen (secondary N) is 1. The Morgan fingerprint density at radius 3 is 2.72 bits per heavy atom. The largest absolute Gasteiger partial charge is 0.313 e. The summed E-state index contributed by atoms with van der Waals surface area (Å²) in [5, 5.41) is 3.39. The number of likely N-dealkylation sites (tertiary alicyclic amines) is 1. The molecule has 1 aromatic carbocycles. The fourth-order valence-electron chi connectivity index (χ4n) is 2.78. The van der Waals surface area contributed by atoms with E-state index in [0.717, 1.165) is 19.6 Å². The van der Waals surface area contributed by atoms with Gasteiger partial charge in [-0.25, -0.2) is 0 Å². The zero-order chi connectivity index (χ0) is 13.0. The monoisotopic (exact) mass is 246 g/mol. The molecular weight excluding hydrogens is 220 g/mol. The van der Waals surface area contributed by atoms with Crippen LogP contribution in [0.3, 0.4) is 0 Å². The summed E-state index contributed by atoms with van der Waals surface area (Å²) in [6.45, 7) is 11.2. The molecule has 2 heteroatoms. The lowest BCUT2D eigenvalue weighted by atomic mass is 10.0. The van der Waals surface area contributed by atoms with Gasteiger partial charge in [0, 0.05) is 18.6 Å². The van der Waals surface area contributed by atoms with Crippen molar-refractivity contribution in [1.29, 1.82) is 0 Å². The summed E-state index contributed by atoms with van der Waals surface area (Å²) >= 11 is 0. The molecule has 1 N–H and O–H groups in total. The number of hydrogen-bond acceptors (Lipinski definition) is 2. The normalized spacial score (nSPS) is 19.3. The first-order valence-corrected chi connectivity index (χ1v) is 7.15. The highest BCUT2D eigenvalue weighted by atomic mass is 15.2. The van der Waals surface area contributed by atoms with Gasteiger partial charge in [-0.05, 0) is 50.9 Å². The van der Waals surface area contributed by atoms with Crippen LogP contribution in [0.4, 0.5) is 0 Å². The Hall–Kier alpha value is -0.860. The van der Waals surface area contributed by atoms with Gasteiger partial charge in [-0.2, -0.15) is 0 Å². The standard InChI is InChI=1S/C16H26N2/c1-4-17-12-14-7-5-8-15(11-14)13-18-10-6-9-16(18,2)3/h5,7-8,11,17H,4,6,9-10,12-13H2,1-3H3. The van der Waals surface area contributed by atoms with E-state index in [9.17, 15) is 0 Å². The lowest BCUT2D eigenvalue weighted by molar-refractivity contribution is 0.166. The molecule has 0 atom stereocenters. The Bertz CT molecular complexity index is 384. The van der Waals surface area contributed by atoms with Crippen molar-refractivity contribution >= 4 is 0 Å². The first kappa shape index (κ1) is 13.6. The minimum absolute atomic E-state index is 0.373. The summed E-state index contributed by atoms with van der Waals surface area (Å²) in [5.41, 5.74) is 3.21. The van der Waals surface area contributed by atoms with Gasteiger partial charge in [-0.1, -0.05) is 31.2 Å². The van der Waals surface area contributed by atoms with E-state index in [4.69, 9.17) is 0 Å². The maximum absolute atomic E-state index is 3.39. The average molecular weight is 246 g/mol. The maximum Gasteiger partial charge on any atom is 0.0239 e. The fourth-order valence-corrected chi connectivity index (χ4v) is 2.78. The molecule has 18 heavy (non-hydrogen) atoms. The molecule has 1 heterocycles. The van der Waals surface area contributed by atoms with Crippen molar-refractivity contribution in [3.63, 3.8) is 0 Å². The van der Waals surface area contributed by atoms with Gasteiger partial charge in [0.05, 0.1) is 0 Å². The molecule has 1 saturated heterocycles. The minimum atomic E-state index is 0.373. The van der Waals surface area contributed by atoms with Gasteiger partial charge in [-0.3, -0.25) is 4.90 Å². The maximum atomic E-state index is 3.39. The molecule has 0 bridgehead atoms. The topological polar surface area (TPSA) is 15.3 Å². The third-order valence-electron chi connectivity index (χ3n) is 4.02. The quantitative estimate of drug-likeness (QED) is 0.858. The molecule has 2 rings (SSSR count). The molecule has 0 aliphatic carbocycles. The van der Waals surface area contributed by atoms with Crippen molar-refractivity contribution in [3.8, 4) is 0 Å². The molecule has 0 aromatic heterocycles. The van der Waals surface area contributed by atoms with Crippen molar-refractivity contribution in [1.82, 2.24) is 10.2 Å². The summed E-state index contributed by atoms with van der Waals surface area (Å²) in [6, 6.07) is 8.99. The number of rotatable bonds is 5. The van der Waals surface area contributed by atoms with Gasteiger partial charge in [0.15, 0.2) is 0 Å². The van der Waals surface area contributed by atoms with Crippen LogP contribution >= 0.6 is 0 Å². The van der Waals surface area contributed by atoms with Crippen LogP contribution in [0.25, 0.3) is 0 Å². The lowest BCUT2D eigenvalue weighted by Crippen LogP contribution is -2.37. The Morgan fingerprint density at radius 2 is 2.06 bits per heavy atom. The molecular formula is C16H26N2. The smallest absolute Gasteiger partial charge is 0.0239 e. The Morgan fingerprint density at radius 1 is 1.28 bits per heavy atom. The zero-order valence-electron chi connectivity index (χ0n) is 12.0. The molecule has 1 fully saturated rings. The number of nitrogens with zero attached hydrogens (tertiary/aromatic N) is 1.